The van der Waals surface area contributed by atoms with Gasteiger partial charge in [-0.3, -0.25) is 0 Å². The van der Waals surface area contributed by atoms with Crippen LogP contribution in [0.3, 0.4) is 0 Å². The quantitative estimate of drug-likeness (QED) is 0.865. The molecule has 2 aromatic carbocycles. The summed E-state index contributed by atoms with van der Waals surface area (Å²) in [6.45, 7) is 1.53. The molecule has 0 bridgehead atoms. The summed E-state index contributed by atoms with van der Waals surface area (Å²) in [5.41, 5.74) is 6.35. The SMILES string of the molecule is Cc1ccc(S(=O)(=O)[C@H]2[C@H](c3cccc(F)c3)[C@@]2(CN)CO)cc1. The molecule has 0 amide bonds. The second-order valence-corrected chi connectivity index (χ2v) is 8.48. The van der Waals surface area contributed by atoms with Crippen LogP contribution in [0.4, 0.5) is 4.39 Å². The van der Waals surface area contributed by atoms with E-state index in [2.05, 4.69) is 0 Å². The minimum absolute atomic E-state index is 0.0143. The molecule has 0 radical (unpaired) electrons. The van der Waals surface area contributed by atoms with Gasteiger partial charge in [0.05, 0.1) is 16.8 Å². The molecular weight excluding hydrogens is 329 g/mol. The van der Waals surface area contributed by atoms with Gasteiger partial charge in [-0.1, -0.05) is 29.8 Å². The van der Waals surface area contributed by atoms with E-state index in [1.807, 2.05) is 6.92 Å². The molecule has 3 rings (SSSR count). The molecule has 6 heteroatoms. The summed E-state index contributed by atoms with van der Waals surface area (Å²) < 4.78 is 39.7. The molecule has 24 heavy (non-hydrogen) atoms. The van der Waals surface area contributed by atoms with Crippen LogP contribution in [0.25, 0.3) is 0 Å². The summed E-state index contributed by atoms with van der Waals surface area (Å²) >= 11 is 0. The third kappa shape index (κ3) is 2.55. The molecule has 0 unspecified atom stereocenters. The van der Waals surface area contributed by atoms with Crippen LogP contribution in [0.5, 0.6) is 0 Å². The van der Waals surface area contributed by atoms with E-state index in [0.29, 0.717) is 5.56 Å². The zero-order valence-corrected chi connectivity index (χ0v) is 14.1. The first kappa shape index (κ1) is 17.1. The average molecular weight is 349 g/mol. The number of aliphatic hydroxyl groups excluding tert-OH is 1. The van der Waals surface area contributed by atoms with Crippen molar-refractivity contribution in [2.75, 3.05) is 13.2 Å². The lowest BCUT2D eigenvalue weighted by Crippen LogP contribution is -2.27. The average Bonchev–Trinajstić information content (AvgIpc) is 3.26. The van der Waals surface area contributed by atoms with E-state index < -0.39 is 32.2 Å². The predicted octanol–water partition coefficient (Wildman–Crippen LogP) is 2.01. The maximum atomic E-state index is 13.6. The zero-order chi connectivity index (χ0) is 17.5. The van der Waals surface area contributed by atoms with E-state index >= 15 is 0 Å². The van der Waals surface area contributed by atoms with E-state index in [1.165, 1.54) is 18.2 Å². The number of benzene rings is 2. The smallest absolute Gasteiger partial charge is 0.182 e. The second-order valence-electron chi connectivity index (χ2n) is 6.41. The lowest BCUT2D eigenvalue weighted by molar-refractivity contribution is 0.212. The van der Waals surface area contributed by atoms with Crippen LogP contribution < -0.4 is 5.73 Å². The molecule has 4 nitrogen and oxygen atoms in total. The summed E-state index contributed by atoms with van der Waals surface area (Å²) in [4.78, 5) is 0.197. The molecule has 3 N–H and O–H groups in total. The fourth-order valence-corrected chi connectivity index (χ4v) is 5.97. The Kier molecular flexibility index (Phi) is 4.23. The maximum Gasteiger partial charge on any atom is 0.182 e. The standard InChI is InChI=1S/C18H20FNO3S/c1-12-5-7-15(8-6-12)24(22,23)17-16(18(17,10-20)11-21)13-3-2-4-14(19)9-13/h2-9,16-17,21H,10-11,20H2,1H3/t16-,17-,18+/m0/s1. The highest BCUT2D eigenvalue weighted by Gasteiger charge is 2.70. The van der Waals surface area contributed by atoms with Crippen LogP contribution >= 0.6 is 0 Å². The Labute approximate surface area is 141 Å². The Morgan fingerprint density at radius 3 is 2.42 bits per heavy atom. The van der Waals surface area contributed by atoms with Crippen LogP contribution in [0.2, 0.25) is 0 Å². The van der Waals surface area contributed by atoms with Gasteiger partial charge in [-0.15, -0.1) is 0 Å². The van der Waals surface area contributed by atoms with E-state index in [1.54, 1.807) is 30.3 Å². The largest absolute Gasteiger partial charge is 0.396 e. The molecule has 2 aromatic rings. The van der Waals surface area contributed by atoms with Crippen LogP contribution in [0.1, 0.15) is 17.0 Å². The summed E-state index contributed by atoms with van der Waals surface area (Å²) in [7, 11) is -3.69. The Hall–Kier alpha value is -1.76. The van der Waals surface area contributed by atoms with Gasteiger partial charge >= 0.3 is 0 Å². The Balaban J connectivity index is 2.06. The highest BCUT2D eigenvalue weighted by atomic mass is 32.2. The Morgan fingerprint density at radius 1 is 1.21 bits per heavy atom. The first-order valence-corrected chi connectivity index (χ1v) is 9.28. The van der Waals surface area contributed by atoms with Crippen molar-refractivity contribution in [3.05, 3.63) is 65.5 Å². The van der Waals surface area contributed by atoms with Gasteiger partial charge in [0.1, 0.15) is 5.82 Å². The maximum absolute atomic E-state index is 13.6. The molecule has 128 valence electrons. The van der Waals surface area contributed by atoms with Gasteiger partial charge in [-0.25, -0.2) is 12.8 Å². The number of rotatable bonds is 5. The third-order valence-corrected chi connectivity index (χ3v) is 7.29. The van der Waals surface area contributed by atoms with Gasteiger partial charge in [-0.2, -0.15) is 0 Å². The van der Waals surface area contributed by atoms with E-state index in [0.717, 1.165) is 5.56 Å². The minimum atomic E-state index is -3.69. The molecule has 1 aliphatic rings. The lowest BCUT2D eigenvalue weighted by Gasteiger charge is -2.12. The van der Waals surface area contributed by atoms with Gasteiger partial charge in [0.15, 0.2) is 9.84 Å². The monoisotopic (exact) mass is 349 g/mol. The van der Waals surface area contributed by atoms with Crippen molar-refractivity contribution in [2.45, 2.75) is 23.0 Å². The molecule has 1 fully saturated rings. The van der Waals surface area contributed by atoms with Crippen molar-refractivity contribution in [1.29, 1.82) is 0 Å². The third-order valence-electron chi connectivity index (χ3n) is 4.95. The number of hydrogen-bond acceptors (Lipinski definition) is 4. The van der Waals surface area contributed by atoms with Crippen molar-refractivity contribution in [1.82, 2.24) is 0 Å². The second kappa shape index (κ2) is 5.95. The van der Waals surface area contributed by atoms with Crippen LogP contribution in [-0.4, -0.2) is 31.9 Å². The number of sulfone groups is 1. The molecule has 0 aliphatic heterocycles. The fraction of sp³-hybridized carbons (Fsp3) is 0.333. The molecular formula is C18H20FNO3S. The van der Waals surface area contributed by atoms with Crippen molar-refractivity contribution in [3.63, 3.8) is 0 Å². The number of halogens is 1. The minimum Gasteiger partial charge on any atom is -0.396 e. The summed E-state index contributed by atoms with van der Waals surface area (Å²) in [5.74, 6) is -0.954. The van der Waals surface area contributed by atoms with Crippen LogP contribution in [-0.2, 0) is 9.84 Å². The first-order valence-electron chi connectivity index (χ1n) is 7.74. The Morgan fingerprint density at radius 2 is 1.88 bits per heavy atom. The number of nitrogens with two attached hydrogens (primary N) is 1. The van der Waals surface area contributed by atoms with Crippen LogP contribution in [0, 0.1) is 18.2 Å². The molecule has 0 aromatic heterocycles. The van der Waals surface area contributed by atoms with Gasteiger partial charge in [0.25, 0.3) is 0 Å². The molecule has 0 spiro atoms. The summed E-state index contributed by atoms with van der Waals surface area (Å²) in [6.07, 6.45) is 0. The summed E-state index contributed by atoms with van der Waals surface area (Å²) in [6, 6.07) is 12.4. The van der Waals surface area contributed by atoms with Crippen molar-refractivity contribution in [2.24, 2.45) is 11.1 Å². The molecule has 0 saturated heterocycles. The number of aryl methyl sites for hydroxylation is 1. The van der Waals surface area contributed by atoms with Gasteiger partial charge < -0.3 is 10.8 Å². The van der Waals surface area contributed by atoms with E-state index in [4.69, 9.17) is 5.73 Å². The fourth-order valence-electron chi connectivity index (χ4n) is 3.52. The van der Waals surface area contributed by atoms with Crippen molar-refractivity contribution in [3.8, 4) is 0 Å². The van der Waals surface area contributed by atoms with Crippen LogP contribution in [0.15, 0.2) is 53.4 Å². The van der Waals surface area contributed by atoms with Gasteiger partial charge in [0, 0.05) is 17.9 Å². The van der Waals surface area contributed by atoms with Crippen molar-refractivity contribution >= 4 is 9.84 Å². The molecule has 0 heterocycles. The summed E-state index contributed by atoms with van der Waals surface area (Å²) in [5, 5.41) is 8.99. The van der Waals surface area contributed by atoms with Gasteiger partial charge in [0.2, 0.25) is 0 Å². The van der Waals surface area contributed by atoms with Gasteiger partial charge in [-0.05, 0) is 36.8 Å². The Bertz CT molecular complexity index is 845. The topological polar surface area (TPSA) is 80.4 Å². The predicted molar refractivity (Wildman–Crippen MR) is 89.9 cm³/mol. The highest BCUT2D eigenvalue weighted by molar-refractivity contribution is 7.92. The molecule has 3 atom stereocenters. The van der Waals surface area contributed by atoms with Crippen molar-refractivity contribution < 1.29 is 17.9 Å². The normalized spacial score (nSPS) is 26.3. The van der Waals surface area contributed by atoms with E-state index in [9.17, 15) is 17.9 Å². The van der Waals surface area contributed by atoms with E-state index in [-0.39, 0.29) is 18.0 Å². The number of aliphatic hydroxyl groups is 1. The number of hydrogen-bond donors (Lipinski definition) is 2. The first-order chi connectivity index (χ1) is 11.4. The molecule has 1 saturated carbocycles. The lowest BCUT2D eigenvalue weighted by atomic mass is 10.00. The molecule has 1 aliphatic carbocycles. The zero-order valence-electron chi connectivity index (χ0n) is 13.3. The highest BCUT2D eigenvalue weighted by Crippen LogP contribution is 2.63.